The van der Waals surface area contributed by atoms with Crippen molar-refractivity contribution in [3.63, 3.8) is 0 Å². The van der Waals surface area contributed by atoms with Crippen molar-refractivity contribution in [3.05, 3.63) is 41.1 Å². The summed E-state index contributed by atoms with van der Waals surface area (Å²) in [6.07, 6.45) is 4.72. The average Bonchev–Trinajstić information content (AvgIpc) is 2.96. The first-order chi connectivity index (χ1) is 13.6. The van der Waals surface area contributed by atoms with Crippen molar-refractivity contribution < 1.29 is 19.1 Å². The standard InChI is InChI=1S/C21H29N3O4/c1-3-28-20(25)18-17(14-24-12-6-4-5-7-13-24)22-21(26)23-19(18)15-8-10-16(27-2)11-9-15/h8-11,19H,3-7,12-14H2,1-2H3,(H2,22,23,26). The van der Waals surface area contributed by atoms with Gasteiger partial charge in [-0.25, -0.2) is 9.59 Å². The summed E-state index contributed by atoms with van der Waals surface area (Å²) in [6, 6.07) is 6.50. The molecule has 0 aliphatic carbocycles. The maximum atomic E-state index is 12.8. The molecule has 0 radical (unpaired) electrons. The predicted molar refractivity (Wildman–Crippen MR) is 106 cm³/mol. The number of esters is 1. The van der Waals surface area contributed by atoms with Crippen molar-refractivity contribution in [3.8, 4) is 5.75 Å². The Kier molecular flexibility index (Phi) is 6.92. The first kappa shape index (κ1) is 20.2. The Morgan fingerprint density at radius 1 is 1.14 bits per heavy atom. The number of methoxy groups -OCH3 is 1. The molecular weight excluding hydrogens is 358 g/mol. The van der Waals surface area contributed by atoms with E-state index in [1.165, 1.54) is 12.8 Å². The molecule has 2 aliphatic heterocycles. The molecule has 2 aliphatic rings. The van der Waals surface area contributed by atoms with Crippen LogP contribution in [0.2, 0.25) is 0 Å². The van der Waals surface area contributed by atoms with Crippen LogP contribution in [0.25, 0.3) is 0 Å². The number of nitrogens with one attached hydrogen (secondary N) is 2. The van der Waals surface area contributed by atoms with Crippen LogP contribution in [0.5, 0.6) is 5.75 Å². The van der Waals surface area contributed by atoms with E-state index in [1.54, 1.807) is 14.0 Å². The molecule has 3 rings (SSSR count). The quantitative estimate of drug-likeness (QED) is 0.734. The molecular formula is C21H29N3O4. The van der Waals surface area contributed by atoms with Crippen LogP contribution in [-0.2, 0) is 9.53 Å². The molecule has 1 aromatic rings. The smallest absolute Gasteiger partial charge is 0.338 e. The van der Waals surface area contributed by atoms with E-state index in [4.69, 9.17) is 9.47 Å². The van der Waals surface area contributed by atoms with Gasteiger partial charge in [0.2, 0.25) is 0 Å². The molecule has 7 nitrogen and oxygen atoms in total. The molecule has 1 unspecified atom stereocenters. The molecule has 7 heteroatoms. The molecule has 0 bridgehead atoms. The summed E-state index contributed by atoms with van der Waals surface area (Å²) in [5, 5.41) is 5.73. The number of hydrogen-bond donors (Lipinski definition) is 2. The number of nitrogens with zero attached hydrogens (tertiary/aromatic N) is 1. The number of carbonyl (C=O) groups excluding carboxylic acids is 2. The van der Waals surface area contributed by atoms with Gasteiger partial charge in [0, 0.05) is 12.2 Å². The topological polar surface area (TPSA) is 79.9 Å². The largest absolute Gasteiger partial charge is 0.497 e. The van der Waals surface area contributed by atoms with Crippen LogP contribution in [0.1, 0.15) is 44.2 Å². The van der Waals surface area contributed by atoms with Gasteiger partial charge >= 0.3 is 12.0 Å². The van der Waals surface area contributed by atoms with Crippen LogP contribution in [0.4, 0.5) is 4.79 Å². The molecule has 0 spiro atoms. The van der Waals surface area contributed by atoms with Crippen molar-refractivity contribution in [1.82, 2.24) is 15.5 Å². The Labute approximate surface area is 166 Å². The molecule has 2 amide bonds. The zero-order chi connectivity index (χ0) is 19.9. The van der Waals surface area contributed by atoms with Gasteiger partial charge in [0.25, 0.3) is 0 Å². The number of ether oxygens (including phenoxy) is 2. The molecule has 28 heavy (non-hydrogen) atoms. The highest BCUT2D eigenvalue weighted by Crippen LogP contribution is 2.29. The molecule has 0 saturated carbocycles. The molecule has 1 aromatic carbocycles. The van der Waals surface area contributed by atoms with E-state index in [0.29, 0.717) is 17.8 Å². The Morgan fingerprint density at radius 2 is 1.82 bits per heavy atom. The highest BCUT2D eigenvalue weighted by atomic mass is 16.5. The molecule has 1 atom stereocenters. The second kappa shape index (κ2) is 9.59. The van der Waals surface area contributed by atoms with Gasteiger partial charge < -0.3 is 20.1 Å². The number of carbonyl (C=O) groups is 2. The number of benzene rings is 1. The number of urea groups is 1. The Balaban J connectivity index is 1.95. The van der Waals surface area contributed by atoms with Crippen molar-refractivity contribution in [1.29, 1.82) is 0 Å². The molecule has 152 valence electrons. The predicted octanol–water partition coefficient (Wildman–Crippen LogP) is 2.74. The Hall–Kier alpha value is -2.54. The third kappa shape index (κ3) is 4.84. The lowest BCUT2D eigenvalue weighted by Crippen LogP contribution is -2.48. The van der Waals surface area contributed by atoms with Gasteiger partial charge in [-0.15, -0.1) is 0 Å². The molecule has 2 heterocycles. The lowest BCUT2D eigenvalue weighted by Gasteiger charge is -2.32. The Bertz CT molecular complexity index is 722. The fraction of sp³-hybridized carbons (Fsp3) is 0.524. The second-order valence-electron chi connectivity index (χ2n) is 7.11. The fourth-order valence-electron chi connectivity index (χ4n) is 3.76. The van der Waals surface area contributed by atoms with Crippen molar-refractivity contribution in [2.75, 3.05) is 33.4 Å². The average molecular weight is 387 g/mol. The molecule has 1 saturated heterocycles. The van der Waals surface area contributed by atoms with Crippen LogP contribution >= 0.6 is 0 Å². The third-order valence-electron chi connectivity index (χ3n) is 5.18. The normalized spacial score (nSPS) is 20.8. The summed E-state index contributed by atoms with van der Waals surface area (Å²) in [5.41, 5.74) is 1.91. The summed E-state index contributed by atoms with van der Waals surface area (Å²) < 4.78 is 10.5. The van der Waals surface area contributed by atoms with Crippen molar-refractivity contribution in [2.24, 2.45) is 0 Å². The van der Waals surface area contributed by atoms with E-state index in [-0.39, 0.29) is 12.6 Å². The van der Waals surface area contributed by atoms with Gasteiger partial charge in [-0.2, -0.15) is 0 Å². The molecule has 1 fully saturated rings. The van der Waals surface area contributed by atoms with E-state index in [1.807, 2.05) is 24.3 Å². The summed E-state index contributed by atoms with van der Waals surface area (Å²) >= 11 is 0. The maximum absolute atomic E-state index is 12.8. The monoisotopic (exact) mass is 387 g/mol. The van der Waals surface area contributed by atoms with Crippen LogP contribution in [-0.4, -0.2) is 50.3 Å². The highest BCUT2D eigenvalue weighted by molar-refractivity contribution is 5.95. The van der Waals surface area contributed by atoms with Crippen molar-refractivity contribution in [2.45, 2.75) is 38.6 Å². The first-order valence-electron chi connectivity index (χ1n) is 9.96. The number of likely N-dealkylation sites (tertiary alicyclic amines) is 1. The van der Waals surface area contributed by atoms with E-state index < -0.39 is 12.0 Å². The summed E-state index contributed by atoms with van der Waals surface area (Å²) in [4.78, 5) is 27.5. The molecule has 0 aromatic heterocycles. The number of amides is 2. The third-order valence-corrected chi connectivity index (χ3v) is 5.18. The minimum absolute atomic E-state index is 0.280. The van der Waals surface area contributed by atoms with Gasteiger partial charge in [0.15, 0.2) is 0 Å². The van der Waals surface area contributed by atoms with Gasteiger partial charge in [-0.3, -0.25) is 4.90 Å². The van der Waals surface area contributed by atoms with E-state index >= 15 is 0 Å². The summed E-state index contributed by atoms with van der Waals surface area (Å²) in [7, 11) is 1.60. The van der Waals surface area contributed by atoms with E-state index in [2.05, 4.69) is 15.5 Å². The summed E-state index contributed by atoms with van der Waals surface area (Å²) in [6.45, 7) is 4.53. The van der Waals surface area contributed by atoms with E-state index in [9.17, 15) is 9.59 Å². The minimum atomic E-state index is -0.555. The van der Waals surface area contributed by atoms with Crippen LogP contribution in [0.15, 0.2) is 35.5 Å². The number of rotatable bonds is 6. The van der Waals surface area contributed by atoms with Gasteiger partial charge in [0.05, 0.1) is 25.3 Å². The SMILES string of the molecule is CCOC(=O)C1=C(CN2CCCCCC2)NC(=O)NC1c1ccc(OC)cc1. The fourth-order valence-corrected chi connectivity index (χ4v) is 3.76. The van der Waals surface area contributed by atoms with E-state index in [0.717, 1.165) is 37.2 Å². The maximum Gasteiger partial charge on any atom is 0.338 e. The second-order valence-corrected chi connectivity index (χ2v) is 7.11. The zero-order valence-electron chi connectivity index (χ0n) is 16.6. The van der Waals surface area contributed by atoms with Gasteiger partial charge in [-0.05, 0) is 50.6 Å². The van der Waals surface area contributed by atoms with Gasteiger partial charge in [-0.1, -0.05) is 25.0 Å². The lowest BCUT2D eigenvalue weighted by atomic mass is 9.95. The first-order valence-corrected chi connectivity index (χ1v) is 9.96. The van der Waals surface area contributed by atoms with Crippen LogP contribution in [0, 0.1) is 0 Å². The van der Waals surface area contributed by atoms with Crippen LogP contribution < -0.4 is 15.4 Å². The summed E-state index contributed by atoms with van der Waals surface area (Å²) in [5.74, 6) is 0.316. The van der Waals surface area contributed by atoms with Crippen LogP contribution in [0.3, 0.4) is 0 Å². The lowest BCUT2D eigenvalue weighted by molar-refractivity contribution is -0.139. The van der Waals surface area contributed by atoms with Crippen molar-refractivity contribution >= 4 is 12.0 Å². The number of hydrogen-bond acceptors (Lipinski definition) is 5. The zero-order valence-corrected chi connectivity index (χ0v) is 16.6. The molecule has 2 N–H and O–H groups in total. The van der Waals surface area contributed by atoms with Gasteiger partial charge in [0.1, 0.15) is 5.75 Å². The highest BCUT2D eigenvalue weighted by Gasteiger charge is 2.34. The Morgan fingerprint density at radius 3 is 2.43 bits per heavy atom. The minimum Gasteiger partial charge on any atom is -0.497 e.